The van der Waals surface area contributed by atoms with E-state index in [1.165, 1.54) is 0 Å². The second-order valence-electron chi connectivity index (χ2n) is 5.22. The molecule has 23 heavy (non-hydrogen) atoms. The van der Waals surface area contributed by atoms with E-state index >= 15 is 0 Å². The first kappa shape index (κ1) is 15.8. The molecule has 0 spiro atoms. The lowest BCUT2D eigenvalue weighted by atomic mass is 9.96. The minimum atomic E-state index is -0.405. The van der Waals surface area contributed by atoms with Gasteiger partial charge in [0.2, 0.25) is 0 Å². The lowest BCUT2D eigenvalue weighted by Crippen LogP contribution is -2.17. The first-order chi connectivity index (χ1) is 11.1. The van der Waals surface area contributed by atoms with Gasteiger partial charge in [-0.1, -0.05) is 0 Å². The van der Waals surface area contributed by atoms with Gasteiger partial charge in [-0.2, -0.15) is 0 Å². The monoisotopic (exact) mass is 377 g/mol. The van der Waals surface area contributed by atoms with E-state index in [4.69, 9.17) is 9.47 Å². The molecule has 6 heteroatoms. The number of carbonyl (C=O) groups excluding carboxylic acids is 2. The quantitative estimate of drug-likeness (QED) is 0.604. The van der Waals surface area contributed by atoms with Crippen LogP contribution in [0.15, 0.2) is 22.7 Å². The van der Waals surface area contributed by atoms with Gasteiger partial charge in [0.1, 0.15) is 11.4 Å². The lowest BCUT2D eigenvalue weighted by molar-refractivity contribution is 0.0514. The number of hydrogen-bond acceptors (Lipinski definition) is 4. The number of nitrogens with zero attached hydrogens (tertiary/aromatic N) is 1. The topological polar surface area (TPSA) is 57.5 Å². The van der Waals surface area contributed by atoms with Crippen LogP contribution in [0, 0.1) is 0 Å². The van der Waals surface area contributed by atoms with E-state index in [-0.39, 0.29) is 0 Å². The van der Waals surface area contributed by atoms with Crippen LogP contribution < -0.4 is 4.74 Å². The zero-order chi connectivity index (χ0) is 16.6. The number of fused-ring (bicyclic) bond motifs is 3. The van der Waals surface area contributed by atoms with E-state index in [0.29, 0.717) is 24.4 Å². The number of esters is 1. The zero-order valence-electron chi connectivity index (χ0n) is 12.9. The maximum Gasteiger partial charge on any atom is 0.354 e. The molecule has 0 N–H and O–H groups in total. The first-order valence-corrected chi connectivity index (χ1v) is 8.12. The van der Waals surface area contributed by atoms with Crippen molar-refractivity contribution in [1.82, 2.24) is 4.57 Å². The fourth-order valence-electron chi connectivity index (χ4n) is 2.98. The maximum absolute atomic E-state index is 12.1. The average Bonchev–Trinajstić information content (AvgIpc) is 2.93. The predicted octanol–water partition coefficient (Wildman–Crippen LogP) is 3.47. The maximum atomic E-state index is 12.1. The Labute approximate surface area is 142 Å². The molecule has 1 aliphatic heterocycles. The normalized spacial score (nSPS) is 12.3. The Hall–Kier alpha value is -2.08. The SMILES string of the molecule is CCOC(=O)c1cc(C=O)c2n1CCc1cc(OC)c(Br)cc1-2. The van der Waals surface area contributed by atoms with Crippen LogP contribution in [-0.2, 0) is 17.7 Å². The van der Waals surface area contributed by atoms with E-state index in [2.05, 4.69) is 15.9 Å². The third-order valence-corrected chi connectivity index (χ3v) is 4.60. The summed E-state index contributed by atoms with van der Waals surface area (Å²) in [5.41, 5.74) is 3.69. The molecule has 0 fully saturated rings. The molecular formula is C17H16BrNO4. The summed E-state index contributed by atoms with van der Waals surface area (Å²) in [6.07, 6.45) is 1.53. The highest BCUT2D eigenvalue weighted by Crippen LogP contribution is 2.39. The zero-order valence-corrected chi connectivity index (χ0v) is 14.5. The van der Waals surface area contributed by atoms with Crippen LogP contribution in [0.25, 0.3) is 11.3 Å². The third kappa shape index (κ3) is 2.57. The van der Waals surface area contributed by atoms with Crippen molar-refractivity contribution in [2.45, 2.75) is 19.9 Å². The van der Waals surface area contributed by atoms with E-state index in [1.807, 2.05) is 16.7 Å². The molecule has 0 amide bonds. The van der Waals surface area contributed by atoms with Crippen molar-refractivity contribution in [3.8, 4) is 17.0 Å². The van der Waals surface area contributed by atoms with Crippen molar-refractivity contribution in [2.24, 2.45) is 0 Å². The molecule has 0 saturated heterocycles. The Morgan fingerprint density at radius 1 is 1.39 bits per heavy atom. The summed E-state index contributed by atoms with van der Waals surface area (Å²) >= 11 is 3.48. The molecular weight excluding hydrogens is 362 g/mol. The Balaban J connectivity index is 2.20. The van der Waals surface area contributed by atoms with E-state index in [1.54, 1.807) is 20.1 Å². The molecule has 0 atom stereocenters. The summed E-state index contributed by atoms with van der Waals surface area (Å²) in [6.45, 7) is 2.68. The molecule has 0 bridgehead atoms. The lowest BCUT2D eigenvalue weighted by Gasteiger charge is -2.22. The number of hydrogen-bond donors (Lipinski definition) is 0. The van der Waals surface area contributed by atoms with Gasteiger partial charge in [-0.05, 0) is 53.0 Å². The number of halogens is 1. The van der Waals surface area contributed by atoms with Crippen LogP contribution in [-0.4, -0.2) is 30.5 Å². The highest BCUT2D eigenvalue weighted by molar-refractivity contribution is 9.10. The third-order valence-electron chi connectivity index (χ3n) is 3.98. The van der Waals surface area contributed by atoms with Gasteiger partial charge in [-0.25, -0.2) is 4.79 Å². The largest absolute Gasteiger partial charge is 0.496 e. The fourth-order valence-corrected chi connectivity index (χ4v) is 3.48. The summed E-state index contributed by atoms with van der Waals surface area (Å²) < 4.78 is 13.1. The predicted molar refractivity (Wildman–Crippen MR) is 89.2 cm³/mol. The summed E-state index contributed by atoms with van der Waals surface area (Å²) in [5.74, 6) is 0.347. The van der Waals surface area contributed by atoms with Gasteiger partial charge < -0.3 is 14.0 Å². The van der Waals surface area contributed by atoms with Crippen molar-refractivity contribution in [2.75, 3.05) is 13.7 Å². The van der Waals surface area contributed by atoms with Crippen molar-refractivity contribution < 1.29 is 19.1 Å². The van der Waals surface area contributed by atoms with Gasteiger partial charge in [0, 0.05) is 17.7 Å². The van der Waals surface area contributed by atoms with E-state index in [9.17, 15) is 9.59 Å². The minimum absolute atomic E-state index is 0.301. The first-order valence-electron chi connectivity index (χ1n) is 7.33. The Kier molecular flexibility index (Phi) is 4.26. The number of aromatic nitrogens is 1. The van der Waals surface area contributed by atoms with E-state index < -0.39 is 5.97 Å². The second kappa shape index (κ2) is 6.20. The summed E-state index contributed by atoms with van der Waals surface area (Å²) in [5, 5.41) is 0. The van der Waals surface area contributed by atoms with E-state index in [0.717, 1.165) is 39.8 Å². The van der Waals surface area contributed by atoms with Gasteiger partial charge in [-0.15, -0.1) is 0 Å². The van der Waals surface area contributed by atoms with Crippen LogP contribution in [0.1, 0.15) is 33.3 Å². The molecule has 2 heterocycles. The number of aldehydes is 1. The Morgan fingerprint density at radius 2 is 2.17 bits per heavy atom. The fraction of sp³-hybridized carbons (Fsp3) is 0.294. The van der Waals surface area contributed by atoms with Gasteiger partial charge in [0.05, 0.1) is 23.9 Å². The van der Waals surface area contributed by atoms with Crippen LogP contribution in [0.2, 0.25) is 0 Å². The smallest absolute Gasteiger partial charge is 0.354 e. The number of methoxy groups -OCH3 is 1. The van der Waals surface area contributed by atoms with Gasteiger partial charge >= 0.3 is 5.97 Å². The molecule has 120 valence electrons. The highest BCUT2D eigenvalue weighted by atomic mass is 79.9. The Morgan fingerprint density at radius 3 is 2.83 bits per heavy atom. The van der Waals surface area contributed by atoms with Crippen molar-refractivity contribution in [3.63, 3.8) is 0 Å². The molecule has 0 radical (unpaired) electrons. The molecule has 1 aromatic heterocycles. The molecule has 0 aliphatic carbocycles. The highest BCUT2D eigenvalue weighted by Gasteiger charge is 2.27. The average molecular weight is 378 g/mol. The molecule has 1 aromatic carbocycles. The van der Waals surface area contributed by atoms with Crippen molar-refractivity contribution >= 4 is 28.2 Å². The van der Waals surface area contributed by atoms with Crippen LogP contribution in [0.3, 0.4) is 0 Å². The number of aryl methyl sites for hydroxylation is 1. The molecule has 0 unspecified atom stereocenters. The van der Waals surface area contributed by atoms with Crippen LogP contribution >= 0.6 is 15.9 Å². The van der Waals surface area contributed by atoms with Crippen molar-refractivity contribution in [1.29, 1.82) is 0 Å². The second-order valence-corrected chi connectivity index (χ2v) is 6.07. The number of benzene rings is 1. The van der Waals surface area contributed by atoms with Crippen LogP contribution in [0.5, 0.6) is 5.75 Å². The molecule has 2 aromatic rings. The Bertz CT molecular complexity index is 794. The molecule has 5 nitrogen and oxygen atoms in total. The molecule has 1 aliphatic rings. The summed E-state index contributed by atoms with van der Waals surface area (Å²) in [7, 11) is 1.62. The van der Waals surface area contributed by atoms with Gasteiger partial charge in [0.15, 0.2) is 6.29 Å². The molecule has 0 saturated carbocycles. The van der Waals surface area contributed by atoms with Gasteiger partial charge in [-0.3, -0.25) is 4.79 Å². The number of carbonyl (C=O) groups is 2. The molecule has 3 rings (SSSR count). The van der Waals surface area contributed by atoms with Crippen LogP contribution in [0.4, 0.5) is 0 Å². The minimum Gasteiger partial charge on any atom is -0.496 e. The standard InChI is InChI=1S/C17H16BrNO4/c1-3-23-17(21)14-6-11(9-20)16-12-8-13(18)15(22-2)7-10(12)4-5-19(14)16/h6-9H,3-5H2,1-2H3. The number of ether oxygens (including phenoxy) is 2. The number of rotatable bonds is 4. The van der Waals surface area contributed by atoms with Crippen molar-refractivity contribution in [3.05, 3.63) is 39.5 Å². The van der Waals surface area contributed by atoms with Gasteiger partial charge in [0.25, 0.3) is 0 Å². The summed E-state index contributed by atoms with van der Waals surface area (Å²) in [4.78, 5) is 23.6. The summed E-state index contributed by atoms with van der Waals surface area (Å²) in [6, 6.07) is 5.50.